The lowest BCUT2D eigenvalue weighted by molar-refractivity contribution is -0.112. The van der Waals surface area contributed by atoms with Crippen molar-refractivity contribution in [3.05, 3.63) is 40.9 Å². The van der Waals surface area contributed by atoms with Gasteiger partial charge in [-0.05, 0) is 23.8 Å². The van der Waals surface area contributed by atoms with Gasteiger partial charge in [0.2, 0.25) is 0 Å². The highest BCUT2D eigenvalue weighted by Crippen LogP contribution is 2.27. The number of anilines is 1. The fraction of sp³-hybridized carbons (Fsp3) is 0.0714. The number of rotatable bonds is 4. The summed E-state index contributed by atoms with van der Waals surface area (Å²) < 4.78 is 4.98. The summed E-state index contributed by atoms with van der Waals surface area (Å²) in [6.45, 7) is 0. The number of nitrogens with one attached hydrogen (secondary N) is 1. The smallest absolute Gasteiger partial charge is 0.268 e. The van der Waals surface area contributed by atoms with E-state index in [1.807, 2.05) is 6.07 Å². The van der Waals surface area contributed by atoms with Crippen LogP contribution in [0.4, 0.5) is 5.13 Å². The van der Waals surface area contributed by atoms with Gasteiger partial charge in [-0.25, -0.2) is 4.98 Å². The molecular formula is C14H11N3O3S. The number of carbonyl (C=O) groups excluding carboxylic acids is 1. The zero-order chi connectivity index (χ0) is 15.2. The number of methoxy groups -OCH3 is 1. The van der Waals surface area contributed by atoms with E-state index in [4.69, 9.17) is 10.00 Å². The molecular weight excluding hydrogens is 290 g/mol. The molecule has 2 aromatic rings. The second-order valence-corrected chi connectivity index (χ2v) is 4.79. The van der Waals surface area contributed by atoms with Crippen LogP contribution in [0.2, 0.25) is 0 Å². The molecule has 0 aliphatic heterocycles. The van der Waals surface area contributed by atoms with Gasteiger partial charge in [-0.2, -0.15) is 5.26 Å². The predicted octanol–water partition coefficient (Wildman–Crippen LogP) is 2.40. The normalized spacial score (nSPS) is 10.8. The maximum atomic E-state index is 12.0. The van der Waals surface area contributed by atoms with Crippen LogP contribution in [0.5, 0.6) is 11.5 Å². The van der Waals surface area contributed by atoms with Gasteiger partial charge in [-0.3, -0.25) is 10.1 Å². The molecule has 1 aromatic carbocycles. The molecule has 0 aliphatic carbocycles. The number of benzene rings is 1. The SMILES string of the molecule is COc1cc(/C=C(/C#N)C(=O)Nc2nccs2)ccc1O. The Balaban J connectivity index is 2.24. The van der Waals surface area contributed by atoms with E-state index in [0.29, 0.717) is 10.7 Å². The number of nitrogens with zero attached hydrogens (tertiary/aromatic N) is 2. The zero-order valence-electron chi connectivity index (χ0n) is 11.0. The average Bonchev–Trinajstić information content (AvgIpc) is 2.99. The lowest BCUT2D eigenvalue weighted by Gasteiger charge is -2.04. The second-order valence-electron chi connectivity index (χ2n) is 3.89. The molecule has 0 saturated heterocycles. The highest BCUT2D eigenvalue weighted by atomic mass is 32.1. The summed E-state index contributed by atoms with van der Waals surface area (Å²) in [5, 5.41) is 23.3. The number of ether oxygens (including phenoxy) is 1. The lowest BCUT2D eigenvalue weighted by Crippen LogP contribution is -2.13. The van der Waals surface area contributed by atoms with Crippen LogP contribution < -0.4 is 10.1 Å². The number of phenols is 1. The van der Waals surface area contributed by atoms with Gasteiger partial charge in [0.05, 0.1) is 7.11 Å². The Labute approximate surface area is 124 Å². The minimum absolute atomic E-state index is 0.0135. The number of phenolic OH excluding ortho intramolecular Hbond substituents is 1. The summed E-state index contributed by atoms with van der Waals surface area (Å²) in [6, 6.07) is 6.37. The predicted molar refractivity (Wildman–Crippen MR) is 79.0 cm³/mol. The first-order valence-electron chi connectivity index (χ1n) is 5.83. The standard InChI is InChI=1S/C14H11N3O3S/c1-20-12-7-9(2-3-11(12)18)6-10(8-15)13(19)17-14-16-4-5-21-14/h2-7,18H,1H3,(H,16,17,19)/b10-6-. The number of hydrogen-bond donors (Lipinski definition) is 2. The van der Waals surface area contributed by atoms with Crippen LogP contribution in [0, 0.1) is 11.3 Å². The number of amides is 1. The Morgan fingerprint density at radius 2 is 2.38 bits per heavy atom. The largest absolute Gasteiger partial charge is 0.504 e. The van der Waals surface area contributed by atoms with E-state index in [2.05, 4.69) is 10.3 Å². The summed E-state index contributed by atoms with van der Waals surface area (Å²) in [5.41, 5.74) is 0.494. The van der Waals surface area contributed by atoms with Crippen LogP contribution in [-0.2, 0) is 4.79 Å². The zero-order valence-corrected chi connectivity index (χ0v) is 11.8. The molecule has 0 aliphatic rings. The van der Waals surface area contributed by atoms with Gasteiger partial charge in [-0.1, -0.05) is 6.07 Å². The van der Waals surface area contributed by atoms with Crippen LogP contribution in [-0.4, -0.2) is 23.1 Å². The monoisotopic (exact) mass is 301 g/mol. The lowest BCUT2D eigenvalue weighted by atomic mass is 10.1. The van der Waals surface area contributed by atoms with Crippen molar-refractivity contribution in [2.45, 2.75) is 0 Å². The number of thiazole rings is 1. The van der Waals surface area contributed by atoms with Crippen molar-refractivity contribution >= 4 is 28.5 Å². The first kappa shape index (κ1) is 14.6. The maximum absolute atomic E-state index is 12.0. The molecule has 0 unspecified atom stereocenters. The van der Waals surface area contributed by atoms with Crippen molar-refractivity contribution < 1.29 is 14.6 Å². The molecule has 2 rings (SSSR count). The first-order chi connectivity index (χ1) is 10.1. The Kier molecular flexibility index (Phi) is 4.53. The molecule has 21 heavy (non-hydrogen) atoms. The third kappa shape index (κ3) is 3.58. The molecule has 106 valence electrons. The van der Waals surface area contributed by atoms with Gasteiger partial charge >= 0.3 is 0 Å². The van der Waals surface area contributed by atoms with Crippen LogP contribution >= 0.6 is 11.3 Å². The summed E-state index contributed by atoms with van der Waals surface area (Å²) in [5.74, 6) is -0.291. The minimum atomic E-state index is -0.542. The Morgan fingerprint density at radius 3 is 3.00 bits per heavy atom. The highest BCUT2D eigenvalue weighted by Gasteiger charge is 2.11. The van der Waals surface area contributed by atoms with Crippen molar-refractivity contribution in [1.82, 2.24) is 4.98 Å². The van der Waals surface area contributed by atoms with E-state index in [1.165, 1.54) is 36.7 Å². The fourth-order valence-corrected chi connectivity index (χ4v) is 2.07. The number of nitriles is 1. The van der Waals surface area contributed by atoms with E-state index in [-0.39, 0.29) is 17.1 Å². The van der Waals surface area contributed by atoms with Crippen LogP contribution in [0.3, 0.4) is 0 Å². The van der Waals surface area contributed by atoms with E-state index in [9.17, 15) is 9.90 Å². The number of carbonyl (C=O) groups is 1. The number of aromatic nitrogens is 1. The van der Waals surface area contributed by atoms with Gasteiger partial charge in [0, 0.05) is 11.6 Å². The molecule has 0 radical (unpaired) electrons. The molecule has 0 spiro atoms. The van der Waals surface area contributed by atoms with E-state index < -0.39 is 5.91 Å². The average molecular weight is 301 g/mol. The first-order valence-corrected chi connectivity index (χ1v) is 6.71. The third-order valence-corrected chi connectivity index (χ3v) is 3.22. The Hall–Kier alpha value is -2.85. The van der Waals surface area contributed by atoms with Crippen molar-refractivity contribution in [3.63, 3.8) is 0 Å². The minimum Gasteiger partial charge on any atom is -0.504 e. The van der Waals surface area contributed by atoms with E-state index in [1.54, 1.807) is 17.6 Å². The maximum Gasteiger partial charge on any atom is 0.268 e. The molecule has 1 aromatic heterocycles. The van der Waals surface area contributed by atoms with Crippen molar-refractivity contribution in [3.8, 4) is 17.6 Å². The molecule has 0 bridgehead atoms. The van der Waals surface area contributed by atoms with Crippen LogP contribution in [0.25, 0.3) is 6.08 Å². The summed E-state index contributed by atoms with van der Waals surface area (Å²) in [4.78, 5) is 15.9. The quantitative estimate of drug-likeness (QED) is 0.668. The highest BCUT2D eigenvalue weighted by molar-refractivity contribution is 7.13. The van der Waals surface area contributed by atoms with Gasteiger partial charge in [0.15, 0.2) is 16.6 Å². The van der Waals surface area contributed by atoms with Crippen molar-refractivity contribution in [2.24, 2.45) is 0 Å². The molecule has 0 fully saturated rings. The summed E-state index contributed by atoms with van der Waals surface area (Å²) in [7, 11) is 1.42. The second kappa shape index (κ2) is 6.54. The van der Waals surface area contributed by atoms with E-state index in [0.717, 1.165) is 0 Å². The van der Waals surface area contributed by atoms with E-state index >= 15 is 0 Å². The van der Waals surface area contributed by atoms with Crippen LogP contribution in [0.1, 0.15) is 5.56 Å². The van der Waals surface area contributed by atoms with Crippen LogP contribution in [0.15, 0.2) is 35.3 Å². The van der Waals surface area contributed by atoms with Gasteiger partial charge in [0.1, 0.15) is 11.6 Å². The summed E-state index contributed by atoms with van der Waals surface area (Å²) >= 11 is 1.26. The Bertz CT molecular complexity index is 718. The fourth-order valence-electron chi connectivity index (χ4n) is 1.55. The molecule has 1 amide bonds. The molecule has 6 nitrogen and oxygen atoms in total. The van der Waals surface area contributed by atoms with Gasteiger partial charge in [-0.15, -0.1) is 11.3 Å². The number of aromatic hydroxyl groups is 1. The molecule has 1 heterocycles. The van der Waals surface area contributed by atoms with Gasteiger partial charge < -0.3 is 9.84 Å². The molecule has 0 atom stereocenters. The van der Waals surface area contributed by atoms with Crippen molar-refractivity contribution in [1.29, 1.82) is 5.26 Å². The molecule has 0 saturated carbocycles. The summed E-state index contributed by atoms with van der Waals surface area (Å²) in [6.07, 6.45) is 2.96. The topological polar surface area (TPSA) is 95.2 Å². The number of hydrogen-bond acceptors (Lipinski definition) is 6. The van der Waals surface area contributed by atoms with Crippen molar-refractivity contribution in [2.75, 3.05) is 12.4 Å². The van der Waals surface area contributed by atoms with Gasteiger partial charge in [0.25, 0.3) is 5.91 Å². The third-order valence-electron chi connectivity index (χ3n) is 2.53. The molecule has 7 heteroatoms. The Morgan fingerprint density at radius 1 is 1.57 bits per heavy atom. The molecule has 2 N–H and O–H groups in total.